The fourth-order valence-corrected chi connectivity index (χ4v) is 4.74. The van der Waals surface area contributed by atoms with E-state index in [1.807, 2.05) is 91.9 Å². The number of benzene rings is 4. The molecule has 5 rings (SSSR count). The summed E-state index contributed by atoms with van der Waals surface area (Å²) in [6, 6.07) is 32.3. The van der Waals surface area contributed by atoms with Crippen LogP contribution < -0.4 is 26.6 Å². The summed E-state index contributed by atoms with van der Waals surface area (Å²) in [6.07, 6.45) is 0. The molecule has 0 aromatic heterocycles. The van der Waals surface area contributed by atoms with Gasteiger partial charge < -0.3 is 26.6 Å². The van der Waals surface area contributed by atoms with E-state index in [9.17, 15) is 9.59 Å². The number of fused-ring (bicyclic) bond motifs is 1. The Balaban J connectivity index is 1.53. The molecule has 1 aliphatic heterocycles. The van der Waals surface area contributed by atoms with Gasteiger partial charge in [0.2, 0.25) is 0 Å². The van der Waals surface area contributed by atoms with Gasteiger partial charge in [-0.05, 0) is 60.6 Å². The van der Waals surface area contributed by atoms with Crippen molar-refractivity contribution in [2.24, 2.45) is 0 Å². The zero-order valence-corrected chi connectivity index (χ0v) is 22.8. The molecule has 1 heterocycles. The highest BCUT2D eigenvalue weighted by Gasteiger charge is 2.29. The molecule has 1 aliphatic rings. The van der Waals surface area contributed by atoms with Crippen molar-refractivity contribution in [3.05, 3.63) is 125 Å². The van der Waals surface area contributed by atoms with E-state index in [0.29, 0.717) is 46.3 Å². The van der Waals surface area contributed by atoms with Gasteiger partial charge in [-0.1, -0.05) is 72.8 Å². The molecule has 8 heteroatoms. The summed E-state index contributed by atoms with van der Waals surface area (Å²) in [6.45, 7) is 3.08. The molecule has 0 bridgehead atoms. The van der Waals surface area contributed by atoms with Crippen LogP contribution in [-0.2, 0) is 11.3 Å². The van der Waals surface area contributed by atoms with Crippen LogP contribution in [0.5, 0.6) is 0 Å². The Morgan fingerprint density at radius 2 is 1.43 bits per heavy atom. The van der Waals surface area contributed by atoms with Crippen LogP contribution in [0.2, 0.25) is 0 Å². The third-order valence-corrected chi connectivity index (χ3v) is 6.65. The quantitative estimate of drug-likeness (QED) is 0.140. The number of para-hydroxylation sites is 2. The molecule has 40 heavy (non-hydrogen) atoms. The lowest BCUT2D eigenvalue weighted by Gasteiger charge is -2.19. The first-order valence-corrected chi connectivity index (χ1v) is 13.4. The number of rotatable bonds is 8. The molecule has 0 fully saturated rings. The second-order valence-corrected chi connectivity index (χ2v) is 9.56. The molecule has 0 spiro atoms. The van der Waals surface area contributed by atoms with Crippen LogP contribution in [0.4, 0.5) is 17.1 Å². The lowest BCUT2D eigenvalue weighted by molar-refractivity contribution is -0.110. The van der Waals surface area contributed by atoms with Crippen molar-refractivity contribution in [1.29, 1.82) is 0 Å². The van der Waals surface area contributed by atoms with Gasteiger partial charge in [0.25, 0.3) is 11.8 Å². The Morgan fingerprint density at radius 3 is 2.12 bits per heavy atom. The molecule has 4 aromatic rings. The molecular weight excluding hydrogens is 518 g/mol. The number of anilines is 3. The minimum atomic E-state index is -0.253. The van der Waals surface area contributed by atoms with Crippen molar-refractivity contribution in [1.82, 2.24) is 10.6 Å². The summed E-state index contributed by atoms with van der Waals surface area (Å²) in [4.78, 5) is 26.5. The minimum absolute atomic E-state index is 0.217. The molecule has 0 saturated carbocycles. The highest BCUT2D eigenvalue weighted by Crippen LogP contribution is 2.39. The average Bonchev–Trinajstić information content (AvgIpc) is 3.31. The first kappa shape index (κ1) is 26.6. The predicted molar refractivity (Wildman–Crippen MR) is 166 cm³/mol. The Hall–Kier alpha value is -4.95. The number of thiocarbonyl (C=S) groups is 1. The van der Waals surface area contributed by atoms with Gasteiger partial charge in [0.1, 0.15) is 0 Å². The summed E-state index contributed by atoms with van der Waals surface area (Å²) in [5, 5.41) is 16.2. The third-order valence-electron chi connectivity index (χ3n) is 6.41. The molecule has 0 saturated heterocycles. The van der Waals surface area contributed by atoms with Gasteiger partial charge in [0, 0.05) is 29.9 Å². The van der Waals surface area contributed by atoms with Crippen molar-refractivity contribution >= 4 is 57.5 Å². The molecule has 4 aromatic carbocycles. The Morgan fingerprint density at radius 1 is 0.775 bits per heavy atom. The molecule has 0 aliphatic carbocycles. The molecule has 7 nitrogen and oxygen atoms in total. The topological polar surface area (TPSA) is 94.3 Å². The lowest BCUT2D eigenvalue weighted by Crippen LogP contribution is -2.28. The minimum Gasteiger partial charge on any atom is -0.363 e. The number of amides is 2. The van der Waals surface area contributed by atoms with Crippen LogP contribution in [0, 0.1) is 0 Å². The third kappa shape index (κ3) is 6.03. The summed E-state index contributed by atoms with van der Waals surface area (Å²) < 4.78 is 0. The highest BCUT2D eigenvalue weighted by atomic mass is 32.1. The second kappa shape index (κ2) is 12.3. The van der Waals surface area contributed by atoms with Crippen molar-refractivity contribution in [3.8, 4) is 0 Å². The number of hydrogen-bond donors (Lipinski definition) is 5. The smallest absolute Gasteiger partial charge is 0.258 e. The van der Waals surface area contributed by atoms with E-state index in [1.54, 1.807) is 18.2 Å². The van der Waals surface area contributed by atoms with E-state index in [2.05, 4.69) is 26.6 Å². The van der Waals surface area contributed by atoms with Gasteiger partial charge in [-0.2, -0.15) is 0 Å². The van der Waals surface area contributed by atoms with Crippen LogP contribution in [0.15, 0.2) is 103 Å². The monoisotopic (exact) mass is 547 g/mol. The number of carbonyl (C=O) groups is 2. The van der Waals surface area contributed by atoms with Crippen molar-refractivity contribution in [3.63, 3.8) is 0 Å². The van der Waals surface area contributed by atoms with Crippen LogP contribution in [0.3, 0.4) is 0 Å². The zero-order valence-electron chi connectivity index (χ0n) is 22.0. The molecule has 2 amide bonds. The molecule has 5 N–H and O–H groups in total. The summed E-state index contributed by atoms with van der Waals surface area (Å²) >= 11 is 5.41. The zero-order chi connectivity index (χ0) is 27.9. The SMILES string of the molecule is CCNC(=S)Nc1ccccc1NC(=C1C(=O)Nc2ccc(C(=O)NCc3ccccc3)cc21)c1ccccc1. The van der Waals surface area contributed by atoms with E-state index in [-0.39, 0.29) is 11.8 Å². The van der Waals surface area contributed by atoms with Crippen LogP contribution in [0.1, 0.15) is 34.0 Å². The standard InChI is InChI=1S/C32H29N5O2S/c1-2-33-32(40)37-27-16-10-9-15-26(27)35-29(22-13-7-4-8-14-22)28-24-19-23(17-18-25(24)36-31(28)39)30(38)34-20-21-11-5-3-6-12-21/h3-19,35H,2,20H2,1H3,(H,34,38)(H,36,39)(H2,33,37,40). The average molecular weight is 548 g/mol. The molecule has 0 atom stereocenters. The van der Waals surface area contributed by atoms with Crippen molar-refractivity contribution < 1.29 is 9.59 Å². The Labute approximate surface area is 238 Å². The van der Waals surface area contributed by atoms with Crippen molar-refractivity contribution in [2.45, 2.75) is 13.5 Å². The van der Waals surface area contributed by atoms with Gasteiger partial charge in [-0.15, -0.1) is 0 Å². The maximum Gasteiger partial charge on any atom is 0.258 e. The second-order valence-electron chi connectivity index (χ2n) is 9.15. The first-order chi connectivity index (χ1) is 19.5. The van der Waals surface area contributed by atoms with E-state index in [0.717, 1.165) is 22.5 Å². The summed E-state index contributed by atoms with van der Waals surface area (Å²) in [5.74, 6) is -0.470. The molecular formula is C32H29N5O2S. The van der Waals surface area contributed by atoms with E-state index in [1.165, 1.54) is 0 Å². The maximum absolute atomic E-state index is 13.4. The van der Waals surface area contributed by atoms with Crippen LogP contribution >= 0.6 is 12.2 Å². The largest absolute Gasteiger partial charge is 0.363 e. The Bertz CT molecular complexity index is 1590. The lowest BCUT2D eigenvalue weighted by atomic mass is 9.98. The fraction of sp³-hybridized carbons (Fsp3) is 0.0938. The van der Waals surface area contributed by atoms with Crippen LogP contribution in [0.25, 0.3) is 11.3 Å². The first-order valence-electron chi connectivity index (χ1n) is 13.0. The predicted octanol–water partition coefficient (Wildman–Crippen LogP) is 5.86. The van der Waals surface area contributed by atoms with Gasteiger partial charge in [-0.25, -0.2) is 0 Å². The summed E-state index contributed by atoms with van der Waals surface area (Å²) in [7, 11) is 0. The Kier molecular flexibility index (Phi) is 8.18. The van der Waals surface area contributed by atoms with Gasteiger partial charge in [0.05, 0.1) is 22.6 Å². The van der Waals surface area contributed by atoms with Gasteiger partial charge >= 0.3 is 0 Å². The van der Waals surface area contributed by atoms with E-state index in [4.69, 9.17) is 12.2 Å². The number of carbonyl (C=O) groups excluding carboxylic acids is 2. The van der Waals surface area contributed by atoms with Crippen LogP contribution in [-0.4, -0.2) is 23.5 Å². The summed E-state index contributed by atoms with van der Waals surface area (Å²) in [5.41, 5.74) is 6.16. The van der Waals surface area contributed by atoms with Gasteiger partial charge in [-0.3, -0.25) is 9.59 Å². The maximum atomic E-state index is 13.4. The van der Waals surface area contributed by atoms with E-state index < -0.39 is 0 Å². The fourth-order valence-electron chi connectivity index (χ4n) is 4.48. The highest BCUT2D eigenvalue weighted by molar-refractivity contribution is 7.80. The molecule has 0 radical (unpaired) electrons. The van der Waals surface area contributed by atoms with Gasteiger partial charge in [0.15, 0.2) is 5.11 Å². The molecule has 200 valence electrons. The molecule has 0 unspecified atom stereocenters. The van der Waals surface area contributed by atoms with Crippen molar-refractivity contribution in [2.75, 3.05) is 22.5 Å². The van der Waals surface area contributed by atoms with E-state index >= 15 is 0 Å². The normalized spacial score (nSPS) is 13.1. The number of nitrogens with one attached hydrogen (secondary N) is 5. The number of hydrogen-bond acceptors (Lipinski definition) is 4.